The van der Waals surface area contributed by atoms with Gasteiger partial charge in [0.15, 0.2) is 0 Å². The van der Waals surface area contributed by atoms with E-state index in [1.165, 1.54) is 0 Å². The Kier molecular flexibility index (Phi) is 4.77. The minimum atomic E-state index is -0.853. The Morgan fingerprint density at radius 2 is 2.12 bits per heavy atom. The first-order valence-corrected chi connectivity index (χ1v) is 6.21. The van der Waals surface area contributed by atoms with Crippen LogP contribution in [0.1, 0.15) is 33.6 Å². The number of likely N-dealkylation sites (tertiary alicyclic amines) is 1. The molecule has 1 aliphatic heterocycles. The first kappa shape index (κ1) is 14.3. The summed E-state index contributed by atoms with van der Waals surface area (Å²) in [6.45, 7) is 8.21. The lowest BCUT2D eigenvalue weighted by Crippen LogP contribution is -2.57. The van der Waals surface area contributed by atoms with Crippen molar-refractivity contribution in [2.75, 3.05) is 26.2 Å². The second-order valence-electron chi connectivity index (χ2n) is 5.64. The Morgan fingerprint density at radius 3 is 2.59 bits per heavy atom. The fraction of sp³-hybridized carbons (Fsp3) is 0.917. The van der Waals surface area contributed by atoms with E-state index >= 15 is 0 Å². The van der Waals surface area contributed by atoms with E-state index in [1.54, 1.807) is 4.90 Å². The molecule has 0 aromatic heterocycles. The van der Waals surface area contributed by atoms with Crippen LogP contribution in [0.25, 0.3) is 0 Å². The molecule has 1 fully saturated rings. The minimum Gasteiger partial charge on any atom is -0.465 e. The van der Waals surface area contributed by atoms with Crippen LogP contribution in [-0.4, -0.2) is 63.9 Å². The molecule has 100 valence electrons. The summed E-state index contributed by atoms with van der Waals surface area (Å²) >= 11 is 0. The highest BCUT2D eigenvalue weighted by Crippen LogP contribution is 2.23. The van der Waals surface area contributed by atoms with Gasteiger partial charge in [0, 0.05) is 24.7 Å². The van der Waals surface area contributed by atoms with Gasteiger partial charge in [0.05, 0.1) is 6.61 Å². The van der Waals surface area contributed by atoms with Gasteiger partial charge in [-0.3, -0.25) is 9.80 Å². The van der Waals surface area contributed by atoms with Gasteiger partial charge in [0.25, 0.3) is 0 Å². The van der Waals surface area contributed by atoms with E-state index in [2.05, 4.69) is 4.90 Å². The number of aliphatic hydroxyl groups excluding tert-OH is 1. The maximum atomic E-state index is 11.4. The Bertz CT molecular complexity index is 261. The highest BCUT2D eigenvalue weighted by molar-refractivity contribution is 5.66. The van der Waals surface area contributed by atoms with E-state index in [9.17, 15) is 9.90 Å². The van der Waals surface area contributed by atoms with Crippen LogP contribution in [0.15, 0.2) is 0 Å². The molecule has 1 atom stereocenters. The van der Waals surface area contributed by atoms with Crippen LogP contribution >= 0.6 is 0 Å². The average molecular weight is 244 g/mol. The Hall–Kier alpha value is -0.810. The summed E-state index contributed by atoms with van der Waals surface area (Å²) in [6.07, 6.45) is 1.05. The molecule has 0 aromatic carbocycles. The molecule has 0 saturated carbocycles. The minimum absolute atomic E-state index is 0.0350. The van der Waals surface area contributed by atoms with Crippen molar-refractivity contribution in [2.45, 2.75) is 45.2 Å². The number of hydrogen-bond acceptors (Lipinski definition) is 3. The first-order valence-electron chi connectivity index (χ1n) is 6.21. The molecule has 2 N–H and O–H groups in total. The van der Waals surface area contributed by atoms with Crippen LogP contribution in [0.5, 0.6) is 0 Å². The second-order valence-corrected chi connectivity index (χ2v) is 5.64. The first-order chi connectivity index (χ1) is 7.86. The van der Waals surface area contributed by atoms with Gasteiger partial charge in [0.2, 0.25) is 0 Å². The van der Waals surface area contributed by atoms with Crippen molar-refractivity contribution < 1.29 is 15.0 Å². The molecule has 0 bridgehead atoms. The van der Waals surface area contributed by atoms with Gasteiger partial charge >= 0.3 is 6.09 Å². The molecule has 0 spiro atoms. The molecular formula is C12H24N2O3. The van der Waals surface area contributed by atoms with E-state index in [4.69, 9.17) is 5.11 Å². The van der Waals surface area contributed by atoms with E-state index in [0.29, 0.717) is 6.54 Å². The molecule has 5 nitrogen and oxygen atoms in total. The van der Waals surface area contributed by atoms with Crippen molar-refractivity contribution >= 4 is 6.09 Å². The van der Waals surface area contributed by atoms with E-state index in [0.717, 1.165) is 25.9 Å². The number of carbonyl (C=O) groups is 1. The average Bonchev–Trinajstić information content (AvgIpc) is 2.15. The van der Waals surface area contributed by atoms with Crippen LogP contribution in [-0.2, 0) is 0 Å². The maximum absolute atomic E-state index is 11.4. The number of rotatable bonds is 3. The maximum Gasteiger partial charge on any atom is 0.408 e. The van der Waals surface area contributed by atoms with Crippen molar-refractivity contribution in [3.05, 3.63) is 0 Å². The van der Waals surface area contributed by atoms with Gasteiger partial charge < -0.3 is 10.2 Å². The fourth-order valence-electron chi connectivity index (χ4n) is 2.58. The van der Waals surface area contributed by atoms with Crippen molar-refractivity contribution in [3.8, 4) is 0 Å². The fourth-order valence-corrected chi connectivity index (χ4v) is 2.58. The predicted molar refractivity (Wildman–Crippen MR) is 66.2 cm³/mol. The summed E-state index contributed by atoms with van der Waals surface area (Å²) in [5.74, 6) is 0. The van der Waals surface area contributed by atoms with Crippen molar-refractivity contribution in [1.29, 1.82) is 0 Å². The SMILES string of the molecule is CC(C)(C)N(C(=O)O)C1CCCN(CCO)C1. The van der Waals surface area contributed by atoms with Gasteiger partial charge in [-0.05, 0) is 40.2 Å². The largest absolute Gasteiger partial charge is 0.465 e. The van der Waals surface area contributed by atoms with Gasteiger partial charge in [-0.25, -0.2) is 4.79 Å². The number of β-amino-alcohol motifs (C(OH)–C–C–N with tert-alkyl or cyclic N) is 1. The summed E-state index contributed by atoms with van der Waals surface area (Å²) < 4.78 is 0. The zero-order valence-electron chi connectivity index (χ0n) is 11.0. The third kappa shape index (κ3) is 3.85. The number of amides is 1. The van der Waals surface area contributed by atoms with Gasteiger partial charge in [-0.1, -0.05) is 0 Å². The number of hydrogen-bond donors (Lipinski definition) is 2. The monoisotopic (exact) mass is 244 g/mol. The van der Waals surface area contributed by atoms with Crippen LogP contribution < -0.4 is 0 Å². The summed E-state index contributed by atoms with van der Waals surface area (Å²) in [5.41, 5.74) is -0.376. The molecule has 1 heterocycles. The van der Waals surface area contributed by atoms with Gasteiger partial charge in [-0.2, -0.15) is 0 Å². The Balaban J connectivity index is 2.71. The third-order valence-corrected chi connectivity index (χ3v) is 3.19. The topological polar surface area (TPSA) is 64.0 Å². The van der Waals surface area contributed by atoms with Gasteiger partial charge in [-0.15, -0.1) is 0 Å². The molecule has 17 heavy (non-hydrogen) atoms. The molecule has 1 unspecified atom stereocenters. The predicted octanol–water partition coefficient (Wildman–Crippen LogP) is 1.22. The molecule has 1 amide bonds. The third-order valence-electron chi connectivity index (χ3n) is 3.19. The van der Waals surface area contributed by atoms with Crippen molar-refractivity contribution in [3.63, 3.8) is 0 Å². The van der Waals surface area contributed by atoms with E-state index in [1.807, 2.05) is 20.8 Å². The quantitative estimate of drug-likeness (QED) is 0.783. The molecular weight excluding hydrogens is 220 g/mol. The standard InChI is InChI=1S/C12H24N2O3/c1-12(2,3)14(11(16)17)10-5-4-6-13(9-10)7-8-15/h10,15H,4-9H2,1-3H3,(H,16,17). The highest BCUT2D eigenvalue weighted by Gasteiger charge is 2.35. The van der Waals surface area contributed by atoms with E-state index in [-0.39, 0.29) is 18.2 Å². The Labute approximate surface area is 103 Å². The van der Waals surface area contributed by atoms with Gasteiger partial charge in [0.1, 0.15) is 0 Å². The number of aliphatic hydroxyl groups is 1. The number of carboxylic acid groups (broad SMARTS) is 1. The van der Waals surface area contributed by atoms with Crippen LogP contribution in [0.3, 0.4) is 0 Å². The van der Waals surface area contributed by atoms with Crippen LogP contribution in [0, 0.1) is 0 Å². The number of nitrogens with zero attached hydrogens (tertiary/aromatic N) is 2. The summed E-state index contributed by atoms with van der Waals surface area (Å²) in [4.78, 5) is 15.1. The molecule has 1 rings (SSSR count). The van der Waals surface area contributed by atoms with Crippen LogP contribution in [0.2, 0.25) is 0 Å². The van der Waals surface area contributed by atoms with E-state index < -0.39 is 6.09 Å². The molecule has 0 aromatic rings. The second kappa shape index (κ2) is 5.69. The molecule has 0 radical (unpaired) electrons. The molecule has 5 heteroatoms. The highest BCUT2D eigenvalue weighted by atomic mass is 16.4. The van der Waals surface area contributed by atoms with Crippen molar-refractivity contribution in [2.24, 2.45) is 0 Å². The van der Waals surface area contributed by atoms with Crippen LogP contribution in [0.4, 0.5) is 4.79 Å². The Morgan fingerprint density at radius 1 is 1.47 bits per heavy atom. The molecule has 0 aliphatic carbocycles. The summed E-state index contributed by atoms with van der Waals surface area (Å²) in [5, 5.41) is 18.3. The summed E-state index contributed by atoms with van der Waals surface area (Å²) in [7, 11) is 0. The lowest BCUT2D eigenvalue weighted by Gasteiger charge is -2.44. The molecule has 1 saturated heterocycles. The zero-order chi connectivity index (χ0) is 13.1. The van der Waals surface area contributed by atoms with Crippen molar-refractivity contribution in [1.82, 2.24) is 9.80 Å². The normalized spacial score (nSPS) is 22.5. The smallest absolute Gasteiger partial charge is 0.408 e. The lowest BCUT2D eigenvalue weighted by molar-refractivity contribution is 0.0329. The number of piperidine rings is 1. The summed E-state index contributed by atoms with van der Waals surface area (Å²) in [6, 6.07) is 0.0350. The molecule has 1 aliphatic rings. The lowest BCUT2D eigenvalue weighted by atomic mass is 9.98. The zero-order valence-corrected chi connectivity index (χ0v) is 11.0.